The predicted molar refractivity (Wildman–Crippen MR) is 125 cm³/mol. The van der Waals surface area contributed by atoms with E-state index in [4.69, 9.17) is 0 Å². The molecule has 1 aromatic heterocycles. The van der Waals surface area contributed by atoms with Gasteiger partial charge in [0.05, 0.1) is 21.2 Å². The van der Waals surface area contributed by atoms with Crippen LogP contribution in [0.3, 0.4) is 0 Å². The van der Waals surface area contributed by atoms with Crippen molar-refractivity contribution in [2.24, 2.45) is 10.2 Å². The second kappa shape index (κ2) is 9.11. The monoisotopic (exact) mass is 440 g/mol. The van der Waals surface area contributed by atoms with E-state index in [1.54, 1.807) is 11.3 Å². The number of carbonyl (C=O) groups is 1. The van der Waals surface area contributed by atoms with Gasteiger partial charge in [0.25, 0.3) is 0 Å². The van der Waals surface area contributed by atoms with Crippen LogP contribution in [0.2, 0.25) is 0 Å². The van der Waals surface area contributed by atoms with Gasteiger partial charge in [-0.25, -0.2) is 4.98 Å². The molecule has 0 aliphatic carbocycles. The van der Waals surface area contributed by atoms with Crippen LogP contribution in [0.15, 0.2) is 63.1 Å². The van der Waals surface area contributed by atoms with Crippen molar-refractivity contribution in [1.29, 1.82) is 0 Å². The fraction of sp³-hybridized carbons (Fsp3) is 0.238. The Morgan fingerprint density at radius 2 is 1.97 bits per heavy atom. The Labute approximate surface area is 182 Å². The van der Waals surface area contributed by atoms with Crippen LogP contribution in [-0.2, 0) is 4.79 Å². The van der Waals surface area contributed by atoms with Crippen molar-refractivity contribution in [3.05, 3.63) is 59.7 Å². The third kappa shape index (κ3) is 4.88. The molecule has 2 aromatic carbocycles. The molecular formula is C21H20N4OS3. The summed E-state index contributed by atoms with van der Waals surface area (Å²) in [5, 5.41) is 11.8. The lowest BCUT2D eigenvalue weighted by molar-refractivity contribution is -0.119. The maximum absolute atomic E-state index is 12.8. The summed E-state index contributed by atoms with van der Waals surface area (Å²) in [6.45, 7) is 4.07. The van der Waals surface area contributed by atoms with Crippen molar-refractivity contribution < 1.29 is 4.79 Å². The van der Waals surface area contributed by atoms with Gasteiger partial charge in [-0.2, -0.15) is 5.10 Å². The van der Waals surface area contributed by atoms with E-state index in [-0.39, 0.29) is 11.2 Å². The highest BCUT2D eigenvalue weighted by Gasteiger charge is 2.23. The van der Waals surface area contributed by atoms with Gasteiger partial charge in [0.2, 0.25) is 5.91 Å². The van der Waals surface area contributed by atoms with E-state index in [2.05, 4.69) is 57.8 Å². The maximum Gasteiger partial charge on any atom is 0.239 e. The van der Waals surface area contributed by atoms with Crippen LogP contribution in [0.25, 0.3) is 10.2 Å². The van der Waals surface area contributed by atoms with Crippen molar-refractivity contribution in [3.8, 4) is 0 Å². The molecule has 29 heavy (non-hydrogen) atoms. The number of amidine groups is 1. The van der Waals surface area contributed by atoms with Crippen molar-refractivity contribution in [2.45, 2.75) is 29.9 Å². The van der Waals surface area contributed by atoms with Gasteiger partial charge in [0, 0.05) is 5.75 Å². The van der Waals surface area contributed by atoms with Crippen molar-refractivity contribution in [3.63, 3.8) is 0 Å². The summed E-state index contributed by atoms with van der Waals surface area (Å²) in [5.74, 6) is 0.626. The standard InChI is InChI=1S/C21H20N4OS3/c1-3-17(28-21-22-15-6-4-5-7-18(15)29-21)19(26)23-20-25-24-16(12-27-20)14-10-8-13(2)9-11-14/h4-11,17H,3,12H2,1-2H3,(H,23,25,26). The average molecular weight is 441 g/mol. The van der Waals surface area contributed by atoms with Crippen LogP contribution in [0.5, 0.6) is 0 Å². The van der Waals surface area contributed by atoms with Crippen molar-refractivity contribution >= 4 is 61.9 Å². The summed E-state index contributed by atoms with van der Waals surface area (Å²) in [6.07, 6.45) is 0.711. The van der Waals surface area contributed by atoms with E-state index in [9.17, 15) is 4.79 Å². The van der Waals surface area contributed by atoms with E-state index in [0.717, 1.165) is 25.8 Å². The Bertz CT molecular complexity index is 1060. The highest BCUT2D eigenvalue weighted by atomic mass is 32.2. The molecule has 3 aromatic rings. The van der Waals surface area contributed by atoms with E-state index < -0.39 is 0 Å². The Balaban J connectivity index is 1.41. The largest absolute Gasteiger partial charge is 0.303 e. The summed E-state index contributed by atoms with van der Waals surface area (Å²) in [7, 11) is 0. The maximum atomic E-state index is 12.8. The first kappa shape index (κ1) is 20.1. The summed E-state index contributed by atoms with van der Waals surface area (Å²) in [6, 6.07) is 16.3. The van der Waals surface area contributed by atoms with E-state index in [0.29, 0.717) is 17.3 Å². The number of aromatic nitrogens is 1. The number of nitrogens with one attached hydrogen (secondary N) is 1. The highest BCUT2D eigenvalue weighted by Crippen LogP contribution is 2.33. The van der Waals surface area contributed by atoms with Crippen LogP contribution in [0.4, 0.5) is 0 Å². The molecule has 1 amide bonds. The van der Waals surface area contributed by atoms with Crippen molar-refractivity contribution in [2.75, 3.05) is 5.75 Å². The summed E-state index contributed by atoms with van der Waals surface area (Å²) in [4.78, 5) is 17.4. The fourth-order valence-electron chi connectivity index (χ4n) is 2.78. The summed E-state index contributed by atoms with van der Waals surface area (Å²) in [5.41, 5.74) is 4.17. The van der Waals surface area contributed by atoms with Gasteiger partial charge in [0.1, 0.15) is 0 Å². The normalized spacial score (nSPS) is 15.0. The number of thioether (sulfide) groups is 2. The Kier molecular flexibility index (Phi) is 6.32. The number of thiazole rings is 1. The number of rotatable bonds is 5. The van der Waals surface area contributed by atoms with E-state index in [1.165, 1.54) is 29.1 Å². The molecule has 1 aliphatic heterocycles. The van der Waals surface area contributed by atoms with Gasteiger partial charge in [-0.1, -0.05) is 72.4 Å². The second-order valence-corrected chi connectivity index (χ2v) is 10.0. The second-order valence-electron chi connectivity index (χ2n) is 6.56. The third-order valence-corrected chi connectivity index (χ3v) is 7.77. The molecule has 1 aliphatic rings. The number of hydrogen-bond acceptors (Lipinski definition) is 7. The average Bonchev–Trinajstić information content (AvgIpc) is 3.16. The topological polar surface area (TPSA) is 66.7 Å². The molecule has 8 heteroatoms. The SMILES string of the molecule is CCC(Sc1nc2ccccc2s1)C(=O)NC1=NN=C(c2ccc(C)cc2)CS1. The number of amides is 1. The zero-order valence-electron chi connectivity index (χ0n) is 16.1. The molecule has 5 nitrogen and oxygen atoms in total. The molecule has 2 heterocycles. The highest BCUT2D eigenvalue weighted by molar-refractivity contribution is 8.14. The Hall–Kier alpha value is -2.16. The molecule has 0 bridgehead atoms. The lowest BCUT2D eigenvalue weighted by Crippen LogP contribution is -2.36. The number of benzene rings is 2. The summed E-state index contributed by atoms with van der Waals surface area (Å²) < 4.78 is 2.04. The molecule has 0 spiro atoms. The minimum Gasteiger partial charge on any atom is -0.303 e. The molecule has 148 valence electrons. The number of fused-ring (bicyclic) bond motifs is 1. The van der Waals surface area contributed by atoms with Gasteiger partial charge in [-0.15, -0.1) is 16.4 Å². The lowest BCUT2D eigenvalue weighted by atomic mass is 10.1. The third-order valence-electron chi connectivity index (χ3n) is 4.40. The van der Waals surface area contributed by atoms with Crippen molar-refractivity contribution in [1.82, 2.24) is 10.3 Å². The minimum absolute atomic E-state index is 0.0583. The molecular weight excluding hydrogens is 420 g/mol. The van der Waals surface area contributed by atoms with Gasteiger partial charge in [-0.3, -0.25) is 4.79 Å². The quantitative estimate of drug-likeness (QED) is 0.561. The van der Waals surface area contributed by atoms with Crippen LogP contribution < -0.4 is 5.32 Å². The molecule has 1 atom stereocenters. The minimum atomic E-state index is -0.221. The van der Waals surface area contributed by atoms with E-state index >= 15 is 0 Å². The molecule has 4 rings (SSSR count). The number of hydrogen-bond donors (Lipinski definition) is 1. The smallest absolute Gasteiger partial charge is 0.239 e. The molecule has 0 saturated carbocycles. The molecule has 0 fully saturated rings. The molecule has 0 saturated heterocycles. The molecule has 0 radical (unpaired) electrons. The molecule has 1 unspecified atom stereocenters. The fourth-order valence-corrected chi connectivity index (χ4v) is 5.78. The molecule has 1 N–H and O–H groups in total. The van der Waals surface area contributed by atoms with Crippen LogP contribution in [-0.4, -0.2) is 32.8 Å². The number of nitrogens with zero attached hydrogens (tertiary/aromatic N) is 3. The van der Waals surface area contributed by atoms with Crippen LogP contribution in [0.1, 0.15) is 24.5 Å². The first-order chi connectivity index (χ1) is 14.1. The van der Waals surface area contributed by atoms with Gasteiger partial charge in [-0.05, 0) is 31.0 Å². The lowest BCUT2D eigenvalue weighted by Gasteiger charge is -2.16. The number of carbonyl (C=O) groups excluding carboxylic acids is 1. The number of aryl methyl sites for hydroxylation is 1. The first-order valence-electron chi connectivity index (χ1n) is 9.30. The zero-order chi connectivity index (χ0) is 20.2. The van der Waals surface area contributed by atoms with Gasteiger partial charge >= 0.3 is 0 Å². The summed E-state index contributed by atoms with van der Waals surface area (Å²) >= 11 is 4.62. The number of para-hydroxylation sites is 1. The predicted octanol–water partition coefficient (Wildman–Crippen LogP) is 5.10. The van der Waals surface area contributed by atoms with E-state index in [1.807, 2.05) is 25.1 Å². The van der Waals surface area contributed by atoms with Gasteiger partial charge < -0.3 is 5.32 Å². The Morgan fingerprint density at radius 1 is 1.17 bits per heavy atom. The Morgan fingerprint density at radius 3 is 2.66 bits per heavy atom. The first-order valence-corrected chi connectivity index (χ1v) is 12.0. The van der Waals surface area contributed by atoms with Gasteiger partial charge in [0.15, 0.2) is 9.51 Å². The zero-order valence-corrected chi connectivity index (χ0v) is 18.5. The van der Waals surface area contributed by atoms with Crippen LogP contribution >= 0.6 is 34.9 Å². The van der Waals surface area contributed by atoms with Crippen LogP contribution in [0, 0.1) is 6.92 Å².